The van der Waals surface area contributed by atoms with E-state index < -0.39 is 6.10 Å². The zero-order valence-corrected chi connectivity index (χ0v) is 8.31. The molecule has 0 spiro atoms. The van der Waals surface area contributed by atoms with E-state index in [9.17, 15) is 4.79 Å². The summed E-state index contributed by atoms with van der Waals surface area (Å²) >= 11 is 1.23. The van der Waals surface area contributed by atoms with Crippen LogP contribution in [0.5, 0.6) is 0 Å². The zero-order chi connectivity index (χ0) is 9.30. The molecular weight excluding hydrogens is 174 g/mol. The third kappa shape index (κ3) is 1.76. The highest BCUT2D eigenvalue weighted by molar-refractivity contribution is 7.09. The molecule has 1 unspecified atom stereocenters. The molecule has 0 fully saturated rings. The first-order chi connectivity index (χ1) is 5.52. The summed E-state index contributed by atoms with van der Waals surface area (Å²) in [6, 6.07) is 0. The predicted molar refractivity (Wildman–Crippen MR) is 49.7 cm³/mol. The van der Waals surface area contributed by atoms with Crippen molar-refractivity contribution in [2.75, 3.05) is 0 Å². The maximum Gasteiger partial charge on any atom is 0.307 e. The van der Waals surface area contributed by atoms with Gasteiger partial charge in [-0.1, -0.05) is 11.3 Å². The molecule has 0 saturated heterocycles. The summed E-state index contributed by atoms with van der Waals surface area (Å²) < 4.78 is 1.62. The summed E-state index contributed by atoms with van der Waals surface area (Å²) in [6.45, 7) is 5.89. The molecule has 0 aliphatic heterocycles. The molecule has 0 aliphatic rings. The standard InChI is InChI=1S/C8H13NO2S/c1-5(10)4-9-6(2)7(3)12-8(9)11/h5,10H,4H2,1-3H3. The van der Waals surface area contributed by atoms with Gasteiger partial charge in [0.1, 0.15) is 0 Å². The van der Waals surface area contributed by atoms with Gasteiger partial charge in [0.15, 0.2) is 0 Å². The van der Waals surface area contributed by atoms with E-state index in [1.54, 1.807) is 11.5 Å². The van der Waals surface area contributed by atoms with Gasteiger partial charge >= 0.3 is 4.87 Å². The number of thiazole rings is 1. The Kier molecular flexibility index (Phi) is 2.69. The van der Waals surface area contributed by atoms with Crippen LogP contribution in [-0.4, -0.2) is 15.8 Å². The fourth-order valence-electron chi connectivity index (χ4n) is 1.06. The highest BCUT2D eigenvalue weighted by Gasteiger charge is 2.08. The molecule has 0 saturated carbocycles. The Labute approximate surface area is 75.3 Å². The van der Waals surface area contributed by atoms with E-state index in [0.717, 1.165) is 10.6 Å². The highest BCUT2D eigenvalue weighted by Crippen LogP contribution is 2.09. The monoisotopic (exact) mass is 187 g/mol. The van der Waals surface area contributed by atoms with Crippen molar-refractivity contribution in [3.63, 3.8) is 0 Å². The zero-order valence-electron chi connectivity index (χ0n) is 7.50. The van der Waals surface area contributed by atoms with E-state index in [0.29, 0.717) is 6.54 Å². The van der Waals surface area contributed by atoms with E-state index >= 15 is 0 Å². The number of hydrogen-bond donors (Lipinski definition) is 1. The Hall–Kier alpha value is -0.610. The number of hydrogen-bond acceptors (Lipinski definition) is 3. The summed E-state index contributed by atoms with van der Waals surface area (Å²) in [7, 11) is 0. The first-order valence-electron chi connectivity index (χ1n) is 3.87. The summed E-state index contributed by atoms with van der Waals surface area (Å²) in [6.07, 6.45) is -0.463. The topological polar surface area (TPSA) is 42.2 Å². The Morgan fingerprint density at radius 3 is 2.50 bits per heavy atom. The van der Waals surface area contributed by atoms with Crippen LogP contribution in [0.3, 0.4) is 0 Å². The minimum absolute atomic E-state index is 0.0194. The molecule has 68 valence electrons. The van der Waals surface area contributed by atoms with Crippen LogP contribution in [0.15, 0.2) is 4.79 Å². The second-order valence-corrected chi connectivity index (χ2v) is 4.13. The Balaban J connectivity index is 3.06. The van der Waals surface area contributed by atoms with Gasteiger partial charge in [0, 0.05) is 10.6 Å². The van der Waals surface area contributed by atoms with Crippen molar-refractivity contribution in [2.45, 2.75) is 33.4 Å². The van der Waals surface area contributed by atoms with E-state index in [-0.39, 0.29) is 4.87 Å². The number of rotatable bonds is 2. The van der Waals surface area contributed by atoms with Crippen LogP contribution < -0.4 is 4.87 Å². The summed E-state index contributed by atoms with van der Waals surface area (Å²) in [5.41, 5.74) is 0.964. The number of aryl methyl sites for hydroxylation is 1. The Morgan fingerprint density at radius 1 is 1.58 bits per heavy atom. The van der Waals surface area contributed by atoms with E-state index in [1.807, 2.05) is 13.8 Å². The van der Waals surface area contributed by atoms with Crippen LogP contribution in [0.4, 0.5) is 0 Å². The molecule has 4 heteroatoms. The minimum Gasteiger partial charge on any atom is -0.392 e. The third-order valence-corrected chi connectivity index (χ3v) is 2.82. The molecule has 0 bridgehead atoms. The van der Waals surface area contributed by atoms with Crippen molar-refractivity contribution in [1.29, 1.82) is 0 Å². The third-order valence-electron chi connectivity index (χ3n) is 1.82. The second-order valence-electron chi connectivity index (χ2n) is 2.97. The maximum absolute atomic E-state index is 11.3. The van der Waals surface area contributed by atoms with Gasteiger partial charge in [-0.05, 0) is 20.8 Å². The summed E-state index contributed by atoms with van der Waals surface area (Å²) in [5, 5.41) is 9.11. The lowest BCUT2D eigenvalue weighted by atomic mass is 10.3. The van der Waals surface area contributed by atoms with Gasteiger partial charge in [0.05, 0.1) is 12.6 Å². The lowest BCUT2D eigenvalue weighted by Crippen LogP contribution is -2.21. The number of aliphatic hydroxyl groups is 1. The van der Waals surface area contributed by atoms with Gasteiger partial charge in [-0.2, -0.15) is 0 Å². The smallest absolute Gasteiger partial charge is 0.307 e. The molecule has 1 heterocycles. The molecule has 1 aromatic heterocycles. The normalized spacial score (nSPS) is 13.3. The summed E-state index contributed by atoms with van der Waals surface area (Å²) in [4.78, 5) is 12.3. The lowest BCUT2D eigenvalue weighted by molar-refractivity contribution is 0.172. The molecule has 0 aromatic carbocycles. The van der Waals surface area contributed by atoms with Crippen molar-refractivity contribution in [3.05, 3.63) is 20.2 Å². The van der Waals surface area contributed by atoms with Gasteiger partial charge in [-0.25, -0.2) is 0 Å². The molecule has 1 aromatic rings. The van der Waals surface area contributed by atoms with Crippen molar-refractivity contribution < 1.29 is 5.11 Å². The average Bonchev–Trinajstić information content (AvgIpc) is 2.16. The number of nitrogens with zero attached hydrogens (tertiary/aromatic N) is 1. The first kappa shape index (κ1) is 9.48. The average molecular weight is 187 g/mol. The molecule has 0 radical (unpaired) electrons. The Bertz CT molecular complexity index is 324. The van der Waals surface area contributed by atoms with Crippen LogP contribution in [0.25, 0.3) is 0 Å². The van der Waals surface area contributed by atoms with Gasteiger partial charge in [0.25, 0.3) is 0 Å². The molecule has 1 atom stereocenters. The van der Waals surface area contributed by atoms with Crippen LogP contribution >= 0.6 is 11.3 Å². The van der Waals surface area contributed by atoms with Crippen molar-refractivity contribution in [1.82, 2.24) is 4.57 Å². The van der Waals surface area contributed by atoms with Crippen LogP contribution in [-0.2, 0) is 6.54 Å². The fourth-order valence-corrected chi connectivity index (χ4v) is 1.90. The second kappa shape index (κ2) is 3.41. The van der Waals surface area contributed by atoms with E-state index in [1.165, 1.54) is 11.3 Å². The van der Waals surface area contributed by atoms with Crippen molar-refractivity contribution in [3.8, 4) is 0 Å². The molecule has 0 aliphatic carbocycles. The van der Waals surface area contributed by atoms with Gasteiger partial charge in [0.2, 0.25) is 0 Å². The van der Waals surface area contributed by atoms with E-state index in [2.05, 4.69) is 0 Å². The van der Waals surface area contributed by atoms with Gasteiger partial charge in [-0.3, -0.25) is 4.79 Å². The quantitative estimate of drug-likeness (QED) is 0.747. The predicted octanol–water partition coefficient (Wildman–Crippen LogP) is 0.907. The molecule has 1 rings (SSSR count). The molecule has 0 amide bonds. The number of aliphatic hydroxyl groups excluding tert-OH is 1. The maximum atomic E-state index is 11.3. The molecular formula is C8H13NO2S. The first-order valence-corrected chi connectivity index (χ1v) is 4.69. The number of aromatic nitrogens is 1. The van der Waals surface area contributed by atoms with Crippen molar-refractivity contribution >= 4 is 11.3 Å². The largest absolute Gasteiger partial charge is 0.392 e. The van der Waals surface area contributed by atoms with Gasteiger partial charge in [-0.15, -0.1) is 0 Å². The highest BCUT2D eigenvalue weighted by atomic mass is 32.1. The molecule has 1 N–H and O–H groups in total. The van der Waals surface area contributed by atoms with E-state index in [4.69, 9.17) is 5.11 Å². The Morgan fingerprint density at radius 2 is 2.17 bits per heavy atom. The van der Waals surface area contributed by atoms with Crippen molar-refractivity contribution in [2.24, 2.45) is 0 Å². The minimum atomic E-state index is -0.463. The summed E-state index contributed by atoms with van der Waals surface area (Å²) in [5.74, 6) is 0. The van der Waals surface area contributed by atoms with Crippen LogP contribution in [0.2, 0.25) is 0 Å². The molecule has 3 nitrogen and oxygen atoms in total. The van der Waals surface area contributed by atoms with Crippen LogP contribution in [0.1, 0.15) is 17.5 Å². The lowest BCUT2D eigenvalue weighted by Gasteiger charge is -2.06. The SMILES string of the molecule is Cc1sc(=O)n(CC(C)O)c1C. The van der Waals surface area contributed by atoms with Gasteiger partial charge < -0.3 is 9.67 Å². The fraction of sp³-hybridized carbons (Fsp3) is 0.625. The molecule has 12 heavy (non-hydrogen) atoms. The van der Waals surface area contributed by atoms with Crippen LogP contribution in [0, 0.1) is 13.8 Å².